The van der Waals surface area contributed by atoms with Gasteiger partial charge in [0.05, 0.1) is 31.8 Å². The highest BCUT2D eigenvalue weighted by molar-refractivity contribution is 5.92. The van der Waals surface area contributed by atoms with Gasteiger partial charge in [-0.15, -0.1) is 0 Å². The second kappa shape index (κ2) is 17.0. The molecule has 0 fully saturated rings. The maximum atomic E-state index is 12.9. The highest BCUT2D eigenvalue weighted by atomic mass is 16.5. The van der Waals surface area contributed by atoms with Gasteiger partial charge in [-0.1, -0.05) is 33.1 Å². The van der Waals surface area contributed by atoms with E-state index in [2.05, 4.69) is 10.6 Å². The molecule has 0 radical (unpaired) electrons. The molecule has 2 rings (SSSR count). The van der Waals surface area contributed by atoms with Crippen LogP contribution in [0.2, 0.25) is 0 Å². The normalized spacial score (nSPS) is 12.4. The summed E-state index contributed by atoms with van der Waals surface area (Å²) in [6.07, 6.45) is 3.82. The molecule has 41 heavy (non-hydrogen) atoms. The minimum atomic E-state index is -0.930. The van der Waals surface area contributed by atoms with Crippen LogP contribution in [0.5, 0.6) is 5.75 Å². The van der Waals surface area contributed by atoms with E-state index in [-0.39, 0.29) is 24.9 Å². The van der Waals surface area contributed by atoms with Gasteiger partial charge in [-0.3, -0.25) is 29.3 Å². The number of nitrogens with one attached hydrogen (secondary N) is 2. The second-order valence-electron chi connectivity index (χ2n) is 9.82. The molecule has 0 saturated carbocycles. The number of carboxylic acids is 1. The van der Waals surface area contributed by atoms with E-state index in [9.17, 15) is 24.4 Å². The van der Waals surface area contributed by atoms with E-state index in [1.54, 1.807) is 31.0 Å². The third-order valence-electron chi connectivity index (χ3n) is 6.55. The van der Waals surface area contributed by atoms with Crippen molar-refractivity contribution in [2.75, 3.05) is 26.9 Å². The standard InChI is InChI=1S/C29H42N4O8/c1-5-8-9-10-23(24(6-2)33(39)19-34)28(37)30-18-31-29(38)26-12-11-25(41-26)21-13-20(14-22(15-21)40-7-3)16-32(4)17-27(35)36/h11-15,19,23-24,39H,5-10,16-18H2,1-4H3,(H,30,37)(H,31,38)(H,35,36)/t23?,24-/m1/s1. The fourth-order valence-corrected chi connectivity index (χ4v) is 4.63. The van der Waals surface area contributed by atoms with Gasteiger partial charge in [0.25, 0.3) is 5.91 Å². The molecular formula is C29H42N4O8. The number of hydrogen-bond acceptors (Lipinski definition) is 8. The van der Waals surface area contributed by atoms with Crippen LogP contribution < -0.4 is 15.4 Å². The molecule has 3 amide bonds. The second-order valence-corrected chi connectivity index (χ2v) is 9.82. The fraction of sp³-hybridized carbons (Fsp3) is 0.517. The molecule has 0 aliphatic carbocycles. The fourth-order valence-electron chi connectivity index (χ4n) is 4.63. The van der Waals surface area contributed by atoms with Crippen LogP contribution in [-0.2, 0) is 20.9 Å². The van der Waals surface area contributed by atoms with Crippen LogP contribution in [0.4, 0.5) is 0 Å². The Labute approximate surface area is 240 Å². The van der Waals surface area contributed by atoms with E-state index in [0.29, 0.717) is 54.5 Å². The zero-order valence-corrected chi connectivity index (χ0v) is 24.2. The average Bonchev–Trinajstić information content (AvgIpc) is 3.42. The van der Waals surface area contributed by atoms with Crippen LogP contribution >= 0.6 is 0 Å². The van der Waals surface area contributed by atoms with E-state index in [0.717, 1.165) is 24.8 Å². The van der Waals surface area contributed by atoms with Crippen molar-refractivity contribution in [3.05, 3.63) is 41.7 Å². The number of amides is 3. The molecule has 1 aromatic heterocycles. The van der Waals surface area contributed by atoms with Crippen molar-refractivity contribution in [2.24, 2.45) is 5.92 Å². The van der Waals surface area contributed by atoms with Crippen molar-refractivity contribution < 1.29 is 38.6 Å². The highest BCUT2D eigenvalue weighted by Gasteiger charge is 2.30. The Hall–Kier alpha value is -3.90. The number of hydrogen-bond donors (Lipinski definition) is 4. The molecule has 12 heteroatoms. The number of benzene rings is 1. The average molecular weight is 575 g/mol. The van der Waals surface area contributed by atoms with Crippen LogP contribution in [0.15, 0.2) is 34.7 Å². The number of carboxylic acid groups (broad SMARTS) is 1. The molecule has 0 spiro atoms. The molecule has 0 aliphatic heterocycles. The number of hydroxylamine groups is 2. The Bertz CT molecular complexity index is 1150. The minimum Gasteiger partial charge on any atom is -0.494 e. The van der Waals surface area contributed by atoms with Crippen LogP contribution in [0.1, 0.15) is 69.0 Å². The number of carbonyl (C=O) groups excluding carboxylic acids is 3. The number of furan rings is 1. The lowest BCUT2D eigenvalue weighted by atomic mass is 9.90. The molecule has 1 heterocycles. The van der Waals surface area contributed by atoms with Gasteiger partial charge in [-0.25, -0.2) is 5.06 Å². The molecule has 2 aromatic rings. The van der Waals surface area contributed by atoms with E-state index in [1.807, 2.05) is 26.0 Å². The zero-order chi connectivity index (χ0) is 30.4. The first-order valence-electron chi connectivity index (χ1n) is 13.9. The number of likely N-dealkylation sites (N-methyl/N-ethyl adjacent to an activating group) is 1. The third-order valence-corrected chi connectivity index (χ3v) is 6.55. The molecule has 0 bridgehead atoms. The lowest BCUT2D eigenvalue weighted by Crippen LogP contribution is -2.47. The first kappa shape index (κ1) is 33.3. The summed E-state index contributed by atoms with van der Waals surface area (Å²) in [6.45, 7) is 6.21. The molecule has 0 saturated heterocycles. The summed E-state index contributed by atoms with van der Waals surface area (Å²) < 4.78 is 11.5. The lowest BCUT2D eigenvalue weighted by Gasteiger charge is -2.29. The van der Waals surface area contributed by atoms with Crippen LogP contribution in [0, 0.1) is 5.92 Å². The summed E-state index contributed by atoms with van der Waals surface area (Å²) in [5.41, 5.74) is 1.47. The number of rotatable bonds is 19. The van der Waals surface area contributed by atoms with Gasteiger partial charge in [0.1, 0.15) is 11.5 Å². The minimum absolute atomic E-state index is 0.0361. The lowest BCUT2D eigenvalue weighted by molar-refractivity contribution is -0.168. The molecule has 0 aliphatic rings. The predicted octanol–water partition coefficient (Wildman–Crippen LogP) is 3.49. The van der Waals surface area contributed by atoms with Gasteiger partial charge in [0.15, 0.2) is 5.76 Å². The Kier molecular flexibility index (Phi) is 13.8. The number of unbranched alkanes of at least 4 members (excludes halogenated alkanes) is 2. The molecule has 12 nitrogen and oxygen atoms in total. The molecule has 4 N–H and O–H groups in total. The summed E-state index contributed by atoms with van der Waals surface area (Å²) >= 11 is 0. The van der Waals surface area contributed by atoms with Crippen molar-refractivity contribution in [2.45, 2.75) is 65.5 Å². The Morgan fingerprint density at radius 1 is 1.10 bits per heavy atom. The van der Waals surface area contributed by atoms with Crippen LogP contribution in [-0.4, -0.2) is 77.4 Å². The van der Waals surface area contributed by atoms with Gasteiger partial charge < -0.3 is 24.9 Å². The third kappa shape index (κ3) is 10.5. The van der Waals surface area contributed by atoms with E-state index in [4.69, 9.17) is 14.3 Å². The number of carbonyl (C=O) groups is 4. The maximum absolute atomic E-state index is 12.9. The highest BCUT2D eigenvalue weighted by Crippen LogP contribution is 2.28. The van der Waals surface area contributed by atoms with Crippen molar-refractivity contribution in [3.8, 4) is 17.1 Å². The molecule has 1 unspecified atom stereocenters. The zero-order valence-electron chi connectivity index (χ0n) is 24.2. The number of aliphatic carboxylic acids is 1. The van der Waals surface area contributed by atoms with Crippen molar-refractivity contribution in [3.63, 3.8) is 0 Å². The monoisotopic (exact) mass is 574 g/mol. The molecule has 1 aromatic carbocycles. The quantitative estimate of drug-likeness (QED) is 0.0647. The van der Waals surface area contributed by atoms with Crippen molar-refractivity contribution in [1.29, 1.82) is 0 Å². The van der Waals surface area contributed by atoms with Gasteiger partial charge in [-0.05, 0) is 62.7 Å². The number of nitrogens with zero attached hydrogens (tertiary/aromatic N) is 2. The Balaban J connectivity index is 2.08. The first-order chi connectivity index (χ1) is 19.6. The van der Waals surface area contributed by atoms with Gasteiger partial charge >= 0.3 is 5.97 Å². The summed E-state index contributed by atoms with van der Waals surface area (Å²) in [7, 11) is 1.70. The molecular weight excluding hydrogens is 532 g/mol. The largest absolute Gasteiger partial charge is 0.494 e. The van der Waals surface area contributed by atoms with Crippen LogP contribution in [0.25, 0.3) is 11.3 Å². The maximum Gasteiger partial charge on any atom is 0.317 e. The van der Waals surface area contributed by atoms with Crippen LogP contribution in [0.3, 0.4) is 0 Å². The van der Waals surface area contributed by atoms with E-state index >= 15 is 0 Å². The Morgan fingerprint density at radius 3 is 2.49 bits per heavy atom. The smallest absolute Gasteiger partial charge is 0.317 e. The number of ether oxygens (including phenoxy) is 1. The van der Waals surface area contributed by atoms with E-state index in [1.165, 1.54) is 6.07 Å². The van der Waals surface area contributed by atoms with Gasteiger partial charge in [0, 0.05) is 12.1 Å². The topological polar surface area (TPSA) is 162 Å². The molecule has 2 atom stereocenters. The summed E-state index contributed by atoms with van der Waals surface area (Å²) in [6, 6.07) is 7.94. The van der Waals surface area contributed by atoms with E-state index < -0.39 is 23.8 Å². The van der Waals surface area contributed by atoms with Gasteiger partial charge in [-0.2, -0.15) is 0 Å². The van der Waals surface area contributed by atoms with Crippen molar-refractivity contribution >= 4 is 24.2 Å². The summed E-state index contributed by atoms with van der Waals surface area (Å²) in [5.74, 6) is -1.43. The summed E-state index contributed by atoms with van der Waals surface area (Å²) in [5, 5.41) is 24.8. The SMILES string of the molecule is CCCCCC(C(=O)NCNC(=O)c1ccc(-c2cc(CN(C)CC(=O)O)cc(OCC)c2)o1)[C@@H](CC)N(O)C=O. The van der Waals surface area contributed by atoms with Gasteiger partial charge in [0.2, 0.25) is 12.3 Å². The predicted molar refractivity (Wildman–Crippen MR) is 151 cm³/mol. The van der Waals surface area contributed by atoms with Crippen molar-refractivity contribution in [1.82, 2.24) is 20.6 Å². The Morgan fingerprint density at radius 2 is 1.85 bits per heavy atom. The summed E-state index contributed by atoms with van der Waals surface area (Å²) in [4.78, 5) is 49.5. The first-order valence-corrected chi connectivity index (χ1v) is 13.9. The molecule has 226 valence electrons.